The van der Waals surface area contributed by atoms with Gasteiger partial charge in [0, 0.05) is 31.8 Å². The van der Waals surface area contributed by atoms with E-state index in [4.69, 9.17) is 9.63 Å². The van der Waals surface area contributed by atoms with E-state index in [0.29, 0.717) is 37.1 Å². The van der Waals surface area contributed by atoms with E-state index >= 15 is 0 Å². The molecule has 1 aromatic heterocycles. The fourth-order valence-corrected chi connectivity index (χ4v) is 2.41. The fourth-order valence-electron chi connectivity index (χ4n) is 2.41. The van der Waals surface area contributed by atoms with E-state index in [1.165, 1.54) is 0 Å². The SMILES string of the molecule is O=C(O)CCN(CC1CC1)C(=O)CCc1nc(C2CC2)no1. The van der Waals surface area contributed by atoms with Crippen molar-refractivity contribution in [2.75, 3.05) is 13.1 Å². The highest BCUT2D eigenvalue weighted by molar-refractivity contribution is 5.77. The average Bonchev–Trinajstić information content (AvgIpc) is 3.41. The first-order chi connectivity index (χ1) is 10.6. The van der Waals surface area contributed by atoms with Crippen molar-refractivity contribution in [2.24, 2.45) is 5.92 Å². The predicted octanol–water partition coefficient (Wildman–Crippen LogP) is 1.59. The second-order valence-corrected chi connectivity index (χ2v) is 6.25. The summed E-state index contributed by atoms with van der Waals surface area (Å²) in [6, 6.07) is 0. The number of aryl methyl sites for hydroxylation is 1. The first-order valence-corrected chi connectivity index (χ1v) is 7.94. The lowest BCUT2D eigenvalue weighted by Crippen LogP contribution is -2.35. The van der Waals surface area contributed by atoms with Gasteiger partial charge in [0.25, 0.3) is 0 Å². The summed E-state index contributed by atoms with van der Waals surface area (Å²) >= 11 is 0. The van der Waals surface area contributed by atoms with Crippen molar-refractivity contribution in [3.05, 3.63) is 11.7 Å². The number of aromatic nitrogens is 2. The van der Waals surface area contributed by atoms with Crippen molar-refractivity contribution in [2.45, 2.75) is 50.9 Å². The van der Waals surface area contributed by atoms with Gasteiger partial charge in [-0.1, -0.05) is 5.16 Å². The summed E-state index contributed by atoms with van der Waals surface area (Å²) in [6.07, 6.45) is 5.19. The Hall–Kier alpha value is -1.92. The monoisotopic (exact) mass is 307 g/mol. The van der Waals surface area contributed by atoms with E-state index in [2.05, 4.69) is 10.1 Å². The Morgan fingerprint density at radius 2 is 2.00 bits per heavy atom. The number of aliphatic carboxylic acids is 1. The highest BCUT2D eigenvalue weighted by Crippen LogP contribution is 2.38. The van der Waals surface area contributed by atoms with Crippen LogP contribution in [0.3, 0.4) is 0 Å². The summed E-state index contributed by atoms with van der Waals surface area (Å²) in [6.45, 7) is 0.949. The fraction of sp³-hybridized carbons (Fsp3) is 0.733. The predicted molar refractivity (Wildman–Crippen MR) is 76.2 cm³/mol. The summed E-state index contributed by atoms with van der Waals surface area (Å²) in [5.74, 6) is 1.33. The molecule has 2 aliphatic rings. The summed E-state index contributed by atoms with van der Waals surface area (Å²) in [7, 11) is 0. The molecule has 0 spiro atoms. The Morgan fingerprint density at radius 3 is 2.64 bits per heavy atom. The molecule has 120 valence electrons. The molecule has 1 heterocycles. The summed E-state index contributed by atoms with van der Waals surface area (Å²) in [4.78, 5) is 29.0. The van der Waals surface area contributed by atoms with Crippen molar-refractivity contribution in [1.82, 2.24) is 15.0 Å². The molecule has 7 heteroatoms. The van der Waals surface area contributed by atoms with E-state index in [1.807, 2.05) is 0 Å². The molecule has 1 aromatic rings. The minimum Gasteiger partial charge on any atom is -0.481 e. The van der Waals surface area contributed by atoms with Gasteiger partial charge in [-0.2, -0.15) is 4.98 Å². The smallest absolute Gasteiger partial charge is 0.305 e. The molecule has 2 fully saturated rings. The van der Waals surface area contributed by atoms with Crippen LogP contribution in [0, 0.1) is 5.92 Å². The largest absolute Gasteiger partial charge is 0.481 e. The zero-order valence-corrected chi connectivity index (χ0v) is 12.5. The number of hydrogen-bond donors (Lipinski definition) is 1. The highest BCUT2D eigenvalue weighted by Gasteiger charge is 2.29. The molecule has 1 amide bonds. The standard InChI is InChI=1S/C15H21N3O4/c19-13(18(8-7-14(20)21)9-10-1-2-10)6-5-12-16-15(17-22-12)11-3-4-11/h10-11H,1-9H2,(H,20,21). The number of amides is 1. The van der Waals surface area contributed by atoms with E-state index in [9.17, 15) is 9.59 Å². The molecule has 0 bridgehead atoms. The molecule has 1 N–H and O–H groups in total. The van der Waals surface area contributed by atoms with Gasteiger partial charge < -0.3 is 14.5 Å². The Kier molecular flexibility index (Phi) is 4.40. The summed E-state index contributed by atoms with van der Waals surface area (Å²) in [5.41, 5.74) is 0. The van der Waals surface area contributed by atoms with Crippen molar-refractivity contribution in [3.8, 4) is 0 Å². The third-order valence-electron chi connectivity index (χ3n) is 4.10. The quantitative estimate of drug-likeness (QED) is 0.744. The molecule has 22 heavy (non-hydrogen) atoms. The molecule has 7 nitrogen and oxygen atoms in total. The molecule has 2 saturated carbocycles. The molecule has 0 saturated heterocycles. The molecular formula is C15H21N3O4. The molecule has 0 aliphatic heterocycles. The molecule has 0 unspecified atom stereocenters. The second kappa shape index (κ2) is 6.46. The van der Waals surface area contributed by atoms with Gasteiger partial charge in [0.15, 0.2) is 5.82 Å². The van der Waals surface area contributed by atoms with Crippen LogP contribution in [0.25, 0.3) is 0 Å². The minimum absolute atomic E-state index is 0.00908. The summed E-state index contributed by atoms with van der Waals surface area (Å²) < 4.78 is 5.16. The van der Waals surface area contributed by atoms with E-state index < -0.39 is 5.97 Å². The number of carbonyl (C=O) groups excluding carboxylic acids is 1. The minimum atomic E-state index is -0.875. The normalized spacial score (nSPS) is 17.5. The Morgan fingerprint density at radius 1 is 1.23 bits per heavy atom. The van der Waals surface area contributed by atoms with Crippen LogP contribution < -0.4 is 0 Å². The van der Waals surface area contributed by atoms with Gasteiger partial charge in [0.2, 0.25) is 11.8 Å². The maximum absolute atomic E-state index is 12.3. The van der Waals surface area contributed by atoms with Crippen molar-refractivity contribution >= 4 is 11.9 Å². The van der Waals surface area contributed by atoms with Gasteiger partial charge in [-0.3, -0.25) is 9.59 Å². The van der Waals surface area contributed by atoms with E-state index in [0.717, 1.165) is 31.5 Å². The van der Waals surface area contributed by atoms with Crippen LogP contribution in [0.1, 0.15) is 56.2 Å². The summed E-state index contributed by atoms with van der Waals surface area (Å²) in [5, 5.41) is 12.7. The Bertz CT molecular complexity index is 549. The van der Waals surface area contributed by atoms with Crippen LogP contribution in [0.4, 0.5) is 0 Å². The maximum atomic E-state index is 12.3. The lowest BCUT2D eigenvalue weighted by atomic mass is 10.2. The number of hydrogen-bond acceptors (Lipinski definition) is 5. The zero-order chi connectivity index (χ0) is 15.5. The van der Waals surface area contributed by atoms with Gasteiger partial charge in [-0.05, 0) is 31.6 Å². The van der Waals surface area contributed by atoms with Gasteiger partial charge >= 0.3 is 5.97 Å². The Balaban J connectivity index is 1.48. The van der Waals surface area contributed by atoms with E-state index in [-0.39, 0.29) is 18.9 Å². The van der Waals surface area contributed by atoms with Gasteiger partial charge in [0.05, 0.1) is 6.42 Å². The number of carbonyl (C=O) groups is 2. The maximum Gasteiger partial charge on any atom is 0.305 e. The molecule has 0 aromatic carbocycles. The second-order valence-electron chi connectivity index (χ2n) is 6.25. The third kappa shape index (κ3) is 4.29. The first kappa shape index (κ1) is 15.0. The van der Waals surface area contributed by atoms with Crippen LogP contribution >= 0.6 is 0 Å². The molecule has 2 aliphatic carbocycles. The molecule has 3 rings (SSSR count). The van der Waals surface area contributed by atoms with Crippen LogP contribution in [-0.4, -0.2) is 45.1 Å². The van der Waals surface area contributed by atoms with Gasteiger partial charge in [-0.15, -0.1) is 0 Å². The van der Waals surface area contributed by atoms with Crippen molar-refractivity contribution in [3.63, 3.8) is 0 Å². The third-order valence-corrected chi connectivity index (χ3v) is 4.10. The number of rotatable bonds is 9. The zero-order valence-electron chi connectivity index (χ0n) is 12.5. The number of carboxylic acid groups (broad SMARTS) is 1. The topological polar surface area (TPSA) is 96.5 Å². The lowest BCUT2D eigenvalue weighted by Gasteiger charge is -2.21. The van der Waals surface area contributed by atoms with Crippen LogP contribution in [0.5, 0.6) is 0 Å². The first-order valence-electron chi connectivity index (χ1n) is 7.94. The molecule has 0 atom stereocenters. The van der Waals surface area contributed by atoms with Crippen molar-refractivity contribution in [1.29, 1.82) is 0 Å². The van der Waals surface area contributed by atoms with Gasteiger partial charge in [0.1, 0.15) is 0 Å². The van der Waals surface area contributed by atoms with Crippen LogP contribution in [-0.2, 0) is 16.0 Å². The molecular weight excluding hydrogens is 286 g/mol. The number of nitrogens with zero attached hydrogens (tertiary/aromatic N) is 3. The van der Waals surface area contributed by atoms with Crippen LogP contribution in [0.2, 0.25) is 0 Å². The van der Waals surface area contributed by atoms with E-state index in [1.54, 1.807) is 4.90 Å². The number of carboxylic acids is 1. The Labute approximate surface area is 128 Å². The van der Waals surface area contributed by atoms with Crippen LogP contribution in [0.15, 0.2) is 4.52 Å². The average molecular weight is 307 g/mol. The lowest BCUT2D eigenvalue weighted by molar-refractivity contribution is -0.138. The molecule has 0 radical (unpaired) electrons. The van der Waals surface area contributed by atoms with Gasteiger partial charge in [-0.25, -0.2) is 0 Å². The van der Waals surface area contributed by atoms with Crippen molar-refractivity contribution < 1.29 is 19.2 Å². The highest BCUT2D eigenvalue weighted by atomic mass is 16.5.